The molecule has 2 bridgehead atoms. The van der Waals surface area contributed by atoms with E-state index in [-0.39, 0.29) is 19.0 Å². The van der Waals surface area contributed by atoms with Crippen LogP contribution in [0.15, 0.2) is 18.2 Å². The van der Waals surface area contributed by atoms with E-state index < -0.39 is 23.4 Å². The second kappa shape index (κ2) is 5.41. The van der Waals surface area contributed by atoms with Crippen LogP contribution in [-0.2, 0) is 16.0 Å². The highest BCUT2D eigenvalue weighted by atomic mass is 35.5. The molecule has 4 rings (SSSR count). The Balaban J connectivity index is 1.67. The Bertz CT molecular complexity index is 622. The van der Waals surface area contributed by atoms with E-state index in [4.69, 9.17) is 23.2 Å². The molecule has 3 fully saturated rings. The molecule has 7 heteroatoms. The fraction of sp³-hybridized carbons (Fsp3) is 0.467. The van der Waals surface area contributed by atoms with Gasteiger partial charge in [0.2, 0.25) is 0 Å². The molecule has 3 aliphatic rings. The van der Waals surface area contributed by atoms with E-state index in [1.165, 1.54) is 4.90 Å². The number of aliphatic hydroxyl groups excluding tert-OH is 1. The van der Waals surface area contributed by atoms with Crippen LogP contribution >= 0.6 is 23.2 Å². The summed E-state index contributed by atoms with van der Waals surface area (Å²) in [5.41, 5.74) is -0.141. The number of halogens is 2. The minimum absolute atomic E-state index is 0.0683. The van der Waals surface area contributed by atoms with Crippen LogP contribution in [0.2, 0.25) is 10.0 Å². The Kier molecular flexibility index (Phi) is 3.83. The summed E-state index contributed by atoms with van der Waals surface area (Å²) in [6.07, 6.45) is -0.171. The average Bonchev–Trinajstić information content (AvgIpc) is 2.92. The minimum atomic E-state index is -1.22. The molecule has 1 atom stereocenters. The van der Waals surface area contributed by atoms with Crippen molar-refractivity contribution in [2.24, 2.45) is 5.41 Å². The number of fused-ring (bicyclic) bond motifs is 1. The van der Waals surface area contributed by atoms with Crippen molar-refractivity contribution in [2.45, 2.75) is 31.4 Å². The molecule has 5 nitrogen and oxygen atoms in total. The zero-order valence-corrected chi connectivity index (χ0v) is 13.1. The van der Waals surface area contributed by atoms with E-state index in [0.717, 1.165) is 0 Å². The summed E-state index contributed by atoms with van der Waals surface area (Å²) in [6.45, 7) is 0.180. The number of rotatable bonds is 4. The number of hydrogen-bond donors (Lipinski definition) is 2. The lowest BCUT2D eigenvalue weighted by Crippen LogP contribution is -2.43. The van der Waals surface area contributed by atoms with Crippen LogP contribution in [0.25, 0.3) is 0 Å². The van der Waals surface area contributed by atoms with Crippen molar-refractivity contribution in [1.82, 2.24) is 4.90 Å². The third kappa shape index (κ3) is 2.57. The van der Waals surface area contributed by atoms with Gasteiger partial charge in [-0.25, -0.2) is 0 Å². The number of amides is 1. The lowest BCUT2D eigenvalue weighted by Gasteiger charge is -2.33. The molecule has 1 amide bonds. The third-order valence-electron chi connectivity index (χ3n) is 4.54. The lowest BCUT2D eigenvalue weighted by atomic mass is 9.70. The zero-order chi connectivity index (χ0) is 16.1. The summed E-state index contributed by atoms with van der Waals surface area (Å²) in [7, 11) is 0. The number of carboxylic acid groups (broad SMARTS) is 1. The van der Waals surface area contributed by atoms with Crippen LogP contribution in [0, 0.1) is 5.41 Å². The number of hydrogen-bond acceptors (Lipinski definition) is 3. The largest absolute Gasteiger partial charge is 0.481 e. The first-order valence-electron chi connectivity index (χ1n) is 6.98. The van der Waals surface area contributed by atoms with E-state index in [1.54, 1.807) is 18.2 Å². The van der Waals surface area contributed by atoms with E-state index in [0.29, 0.717) is 28.5 Å². The number of aliphatic hydroxyl groups is 1. The molecule has 2 aliphatic heterocycles. The summed E-state index contributed by atoms with van der Waals surface area (Å²) < 4.78 is 0. The standard InChI is InChI=1S/C15H15Cl2NO4/c16-9-1-8(2-10(17)4-9)3-12(19)13(20)18-7-15(14(21)22)5-11(18)6-15/h1-2,4,11-12,19H,3,5-7H2,(H,21,22). The Morgan fingerprint density at radius 3 is 2.36 bits per heavy atom. The molecule has 0 aromatic heterocycles. The smallest absolute Gasteiger partial charge is 0.311 e. The van der Waals surface area contributed by atoms with Gasteiger partial charge < -0.3 is 15.1 Å². The maximum absolute atomic E-state index is 12.3. The topological polar surface area (TPSA) is 77.8 Å². The number of nitrogens with zero attached hydrogens (tertiary/aromatic N) is 1. The highest BCUT2D eigenvalue weighted by molar-refractivity contribution is 6.34. The molecule has 1 aromatic rings. The van der Waals surface area contributed by atoms with Gasteiger partial charge in [-0.2, -0.15) is 0 Å². The van der Waals surface area contributed by atoms with Crippen molar-refractivity contribution in [2.75, 3.05) is 6.54 Å². The van der Waals surface area contributed by atoms with Crippen LogP contribution in [-0.4, -0.2) is 45.7 Å². The second-order valence-electron chi connectivity index (χ2n) is 6.11. The molecule has 1 aliphatic carbocycles. The van der Waals surface area contributed by atoms with Crippen molar-refractivity contribution in [1.29, 1.82) is 0 Å². The molecule has 1 aromatic carbocycles. The molecule has 1 saturated carbocycles. The average molecular weight is 344 g/mol. The molecule has 2 N–H and O–H groups in total. The minimum Gasteiger partial charge on any atom is -0.481 e. The van der Waals surface area contributed by atoms with Crippen molar-refractivity contribution >= 4 is 35.1 Å². The number of benzene rings is 1. The first kappa shape index (κ1) is 15.6. The summed E-state index contributed by atoms with van der Waals surface area (Å²) in [4.78, 5) is 25.1. The zero-order valence-electron chi connectivity index (χ0n) is 11.6. The SMILES string of the molecule is O=C(C(O)Cc1cc(Cl)cc(Cl)c1)N1CC2(C(=O)O)CC1C2. The van der Waals surface area contributed by atoms with Crippen molar-refractivity contribution in [3.05, 3.63) is 33.8 Å². The van der Waals surface area contributed by atoms with Crippen LogP contribution in [0.3, 0.4) is 0 Å². The van der Waals surface area contributed by atoms with E-state index in [1.807, 2.05) is 0 Å². The van der Waals surface area contributed by atoms with E-state index in [9.17, 15) is 19.8 Å². The molecule has 0 radical (unpaired) electrons. The van der Waals surface area contributed by atoms with Gasteiger partial charge in [0.25, 0.3) is 5.91 Å². The van der Waals surface area contributed by atoms with Gasteiger partial charge in [0.05, 0.1) is 5.41 Å². The maximum Gasteiger partial charge on any atom is 0.311 e. The molecule has 1 unspecified atom stereocenters. The quantitative estimate of drug-likeness (QED) is 0.876. The van der Waals surface area contributed by atoms with Crippen LogP contribution < -0.4 is 0 Å². The first-order valence-corrected chi connectivity index (χ1v) is 7.73. The predicted octanol–water partition coefficient (Wildman–Crippen LogP) is 1.97. The predicted molar refractivity (Wildman–Crippen MR) is 81.0 cm³/mol. The molecule has 2 heterocycles. The van der Waals surface area contributed by atoms with E-state index >= 15 is 0 Å². The highest BCUT2D eigenvalue weighted by Crippen LogP contribution is 2.52. The lowest BCUT2D eigenvalue weighted by molar-refractivity contribution is -0.151. The van der Waals surface area contributed by atoms with Crippen molar-refractivity contribution in [3.8, 4) is 0 Å². The van der Waals surface area contributed by atoms with E-state index in [2.05, 4.69) is 0 Å². The van der Waals surface area contributed by atoms with Gasteiger partial charge in [-0.05, 0) is 36.6 Å². The highest BCUT2D eigenvalue weighted by Gasteiger charge is 2.61. The maximum atomic E-state index is 12.3. The Hall–Kier alpha value is -1.30. The fourth-order valence-electron chi connectivity index (χ4n) is 3.38. The van der Waals surface area contributed by atoms with Crippen molar-refractivity contribution < 1.29 is 19.8 Å². The molecule has 22 heavy (non-hydrogen) atoms. The molecule has 2 saturated heterocycles. The van der Waals surface area contributed by atoms with Crippen LogP contribution in [0.1, 0.15) is 18.4 Å². The molecule has 0 spiro atoms. The van der Waals surface area contributed by atoms with Gasteiger partial charge >= 0.3 is 5.97 Å². The van der Waals surface area contributed by atoms with Gasteiger partial charge in [-0.3, -0.25) is 9.59 Å². The van der Waals surface area contributed by atoms with Crippen LogP contribution in [0.4, 0.5) is 0 Å². The van der Waals surface area contributed by atoms with Gasteiger partial charge in [0.1, 0.15) is 6.10 Å². The number of carboxylic acids is 1. The molecular formula is C15H15Cl2NO4. The summed E-state index contributed by atoms with van der Waals surface area (Å²) in [5.74, 6) is -1.29. The Morgan fingerprint density at radius 2 is 1.86 bits per heavy atom. The van der Waals surface area contributed by atoms with Gasteiger partial charge in [0.15, 0.2) is 0 Å². The van der Waals surface area contributed by atoms with Gasteiger partial charge in [-0.1, -0.05) is 23.2 Å². The monoisotopic (exact) mass is 343 g/mol. The number of carbonyl (C=O) groups excluding carboxylic acids is 1. The second-order valence-corrected chi connectivity index (χ2v) is 6.98. The van der Waals surface area contributed by atoms with Crippen LogP contribution in [0.5, 0.6) is 0 Å². The van der Waals surface area contributed by atoms with Crippen molar-refractivity contribution in [3.63, 3.8) is 0 Å². The number of carbonyl (C=O) groups is 2. The first-order chi connectivity index (χ1) is 10.3. The van der Waals surface area contributed by atoms with Gasteiger partial charge in [0, 0.05) is 29.1 Å². The third-order valence-corrected chi connectivity index (χ3v) is 4.98. The Morgan fingerprint density at radius 1 is 1.27 bits per heavy atom. The summed E-state index contributed by atoms with van der Waals surface area (Å²) in [5, 5.41) is 20.2. The number of aliphatic carboxylic acids is 1. The normalized spacial score (nSPS) is 27.4. The molecular weight excluding hydrogens is 329 g/mol. The molecule has 118 valence electrons. The van der Waals surface area contributed by atoms with Gasteiger partial charge in [-0.15, -0.1) is 0 Å². The summed E-state index contributed by atoms with van der Waals surface area (Å²) >= 11 is 11.8. The fourth-order valence-corrected chi connectivity index (χ4v) is 3.95. The summed E-state index contributed by atoms with van der Waals surface area (Å²) in [6, 6.07) is 4.80. The Labute approximate surface area is 137 Å².